The standard InChI is InChI=1S/C26H26ClN7O.C2H6/c1-17(32-21-7-9-33(16-30)10-8-21)23(13-29)20-11-25(26-24(27)14-31-34(26)15-20)35-18(2)22-6-4-3-5-19(22)12-28;1-2/h3-6,11,13-15,18,21H,7-10,29H2,1-2H3;1-2H3/b23-13+,32-17?;. The number of aromatic nitrogens is 2. The van der Waals surface area contributed by atoms with Crippen molar-refractivity contribution < 1.29 is 4.74 Å². The minimum Gasteiger partial charge on any atom is -0.484 e. The number of benzene rings is 1. The summed E-state index contributed by atoms with van der Waals surface area (Å²) in [4.78, 5) is 6.65. The van der Waals surface area contributed by atoms with Gasteiger partial charge in [-0.1, -0.05) is 43.6 Å². The van der Waals surface area contributed by atoms with Crippen molar-refractivity contribution >= 4 is 28.4 Å². The summed E-state index contributed by atoms with van der Waals surface area (Å²) in [5.74, 6) is 0.528. The van der Waals surface area contributed by atoms with Crippen LogP contribution in [0.1, 0.15) is 63.3 Å². The van der Waals surface area contributed by atoms with Crippen molar-refractivity contribution in [1.82, 2.24) is 14.5 Å². The third kappa shape index (κ3) is 6.22. The smallest absolute Gasteiger partial charge is 0.179 e. The molecule has 0 radical (unpaired) electrons. The molecule has 1 aliphatic rings. The molecule has 1 aliphatic heterocycles. The molecular weight excluding hydrogens is 486 g/mol. The molecule has 3 aromatic rings. The van der Waals surface area contributed by atoms with Crippen molar-refractivity contribution in [2.24, 2.45) is 10.7 Å². The number of allylic oxidation sites excluding steroid dienone is 1. The third-order valence-corrected chi connectivity index (χ3v) is 6.48. The van der Waals surface area contributed by atoms with Gasteiger partial charge < -0.3 is 15.4 Å². The van der Waals surface area contributed by atoms with Gasteiger partial charge in [0.1, 0.15) is 17.4 Å². The topological polar surface area (TPSA) is 116 Å². The minimum atomic E-state index is -0.402. The van der Waals surface area contributed by atoms with Crippen LogP contribution >= 0.6 is 11.6 Å². The van der Waals surface area contributed by atoms with Gasteiger partial charge in [-0.05, 0) is 38.8 Å². The number of nitrogens with zero attached hydrogens (tertiary/aromatic N) is 6. The lowest BCUT2D eigenvalue weighted by atomic mass is 10.0. The van der Waals surface area contributed by atoms with Gasteiger partial charge in [0.2, 0.25) is 0 Å². The Hall–Kier alpha value is -4.01. The summed E-state index contributed by atoms with van der Waals surface area (Å²) in [7, 11) is 0. The molecule has 1 fully saturated rings. The maximum atomic E-state index is 9.50. The summed E-state index contributed by atoms with van der Waals surface area (Å²) in [5, 5.41) is 23.4. The van der Waals surface area contributed by atoms with Gasteiger partial charge in [0.05, 0.1) is 28.9 Å². The van der Waals surface area contributed by atoms with Crippen molar-refractivity contribution in [3.8, 4) is 18.0 Å². The first kappa shape index (κ1) is 27.6. The van der Waals surface area contributed by atoms with Gasteiger partial charge in [-0.3, -0.25) is 4.99 Å². The number of fused-ring (bicyclic) bond motifs is 1. The molecule has 1 atom stereocenters. The average molecular weight is 518 g/mol. The van der Waals surface area contributed by atoms with E-state index in [0.717, 1.165) is 35.3 Å². The van der Waals surface area contributed by atoms with E-state index in [1.165, 1.54) is 6.20 Å². The highest BCUT2D eigenvalue weighted by molar-refractivity contribution is 6.34. The lowest BCUT2D eigenvalue weighted by Gasteiger charge is -2.26. The second-order valence-corrected chi connectivity index (χ2v) is 8.86. The van der Waals surface area contributed by atoms with E-state index in [-0.39, 0.29) is 6.04 Å². The Bertz CT molecular complexity index is 1370. The van der Waals surface area contributed by atoms with Crippen molar-refractivity contribution in [3.05, 3.63) is 70.6 Å². The van der Waals surface area contributed by atoms with E-state index in [9.17, 15) is 5.26 Å². The number of rotatable bonds is 6. The molecular formula is C28H32ClN7O. The van der Waals surface area contributed by atoms with Crippen LogP contribution in [-0.2, 0) is 0 Å². The zero-order chi connectivity index (χ0) is 26.9. The van der Waals surface area contributed by atoms with Crippen LogP contribution in [0.5, 0.6) is 5.75 Å². The molecule has 4 rings (SSSR count). The van der Waals surface area contributed by atoms with Crippen LogP contribution in [0, 0.1) is 22.8 Å². The largest absolute Gasteiger partial charge is 0.484 e. The van der Waals surface area contributed by atoms with Crippen LogP contribution in [0.2, 0.25) is 5.02 Å². The van der Waals surface area contributed by atoms with E-state index >= 15 is 0 Å². The van der Waals surface area contributed by atoms with Gasteiger partial charge in [-0.25, -0.2) is 4.52 Å². The molecule has 1 unspecified atom stereocenters. The van der Waals surface area contributed by atoms with Crippen molar-refractivity contribution in [1.29, 1.82) is 10.5 Å². The van der Waals surface area contributed by atoms with Gasteiger partial charge in [0, 0.05) is 47.9 Å². The van der Waals surface area contributed by atoms with Gasteiger partial charge in [0.25, 0.3) is 0 Å². The molecule has 2 aromatic heterocycles. The maximum Gasteiger partial charge on any atom is 0.179 e. The summed E-state index contributed by atoms with van der Waals surface area (Å²) in [6.07, 6.45) is 8.38. The van der Waals surface area contributed by atoms with Crippen LogP contribution < -0.4 is 10.5 Å². The molecule has 37 heavy (non-hydrogen) atoms. The highest BCUT2D eigenvalue weighted by Crippen LogP contribution is 2.34. The summed E-state index contributed by atoms with van der Waals surface area (Å²) in [5.41, 5.74) is 10.4. The highest BCUT2D eigenvalue weighted by Gasteiger charge is 2.21. The predicted molar refractivity (Wildman–Crippen MR) is 147 cm³/mol. The van der Waals surface area contributed by atoms with Gasteiger partial charge in [-0.2, -0.15) is 15.6 Å². The van der Waals surface area contributed by atoms with E-state index in [1.807, 2.05) is 58.2 Å². The Balaban J connectivity index is 0.00000186. The van der Waals surface area contributed by atoms with Crippen LogP contribution in [0.15, 0.2) is 53.9 Å². The number of aliphatic imine (C=N–C) groups is 1. The quantitative estimate of drug-likeness (QED) is 0.329. The zero-order valence-electron chi connectivity index (χ0n) is 21.6. The summed E-state index contributed by atoms with van der Waals surface area (Å²) in [6.45, 7) is 9.24. The fraction of sp³-hybridized carbons (Fsp3) is 0.357. The van der Waals surface area contributed by atoms with Crippen molar-refractivity contribution in [2.75, 3.05) is 13.1 Å². The SMILES string of the molecule is CC.CC(=NC1CCN(C#N)CC1)/C(=C\N)c1cc(OC(C)c2ccccc2C#N)c2c(Cl)cnn2c1. The van der Waals surface area contributed by atoms with Crippen molar-refractivity contribution in [2.45, 2.75) is 52.7 Å². The van der Waals surface area contributed by atoms with E-state index < -0.39 is 6.10 Å². The number of pyridine rings is 1. The third-order valence-electron chi connectivity index (χ3n) is 6.20. The first-order valence-electron chi connectivity index (χ1n) is 12.4. The number of hydrogen-bond donors (Lipinski definition) is 1. The average Bonchev–Trinajstić information content (AvgIpc) is 3.31. The van der Waals surface area contributed by atoms with Gasteiger partial charge in [0.15, 0.2) is 6.19 Å². The fourth-order valence-electron chi connectivity index (χ4n) is 4.36. The normalized spacial score (nSPS) is 15.4. The van der Waals surface area contributed by atoms with Gasteiger partial charge >= 0.3 is 0 Å². The monoisotopic (exact) mass is 517 g/mol. The van der Waals surface area contributed by atoms with E-state index in [4.69, 9.17) is 32.3 Å². The Morgan fingerprint density at radius 3 is 2.62 bits per heavy atom. The van der Waals surface area contributed by atoms with E-state index in [1.54, 1.807) is 21.7 Å². The molecule has 192 valence electrons. The molecule has 2 N–H and O–H groups in total. The molecule has 8 nitrogen and oxygen atoms in total. The number of hydrogen-bond acceptors (Lipinski definition) is 7. The van der Waals surface area contributed by atoms with Crippen LogP contribution in [0.3, 0.4) is 0 Å². The Morgan fingerprint density at radius 2 is 1.97 bits per heavy atom. The first-order chi connectivity index (χ1) is 17.9. The molecule has 1 aromatic carbocycles. The lowest BCUT2D eigenvalue weighted by molar-refractivity contribution is 0.228. The fourth-order valence-corrected chi connectivity index (χ4v) is 4.58. The Morgan fingerprint density at radius 1 is 1.27 bits per heavy atom. The number of ether oxygens (including phenoxy) is 1. The predicted octanol–water partition coefficient (Wildman–Crippen LogP) is 5.73. The second kappa shape index (κ2) is 12.8. The maximum absolute atomic E-state index is 9.50. The molecule has 0 aliphatic carbocycles. The first-order valence-corrected chi connectivity index (χ1v) is 12.8. The van der Waals surface area contributed by atoms with Gasteiger partial charge in [-0.15, -0.1) is 0 Å². The molecule has 0 bridgehead atoms. The minimum absolute atomic E-state index is 0.135. The number of piperidine rings is 1. The van der Waals surface area contributed by atoms with Crippen molar-refractivity contribution in [3.63, 3.8) is 0 Å². The highest BCUT2D eigenvalue weighted by atomic mass is 35.5. The van der Waals surface area contributed by atoms with Crippen LogP contribution in [-0.4, -0.2) is 39.4 Å². The number of likely N-dealkylation sites (tertiary alicyclic amines) is 1. The van der Waals surface area contributed by atoms with Crippen LogP contribution in [0.25, 0.3) is 11.1 Å². The number of nitrogens with two attached hydrogens (primary N) is 1. The second-order valence-electron chi connectivity index (χ2n) is 8.45. The summed E-state index contributed by atoms with van der Waals surface area (Å²) < 4.78 is 8.01. The molecule has 3 heterocycles. The van der Waals surface area contributed by atoms with E-state index in [0.29, 0.717) is 34.9 Å². The Labute approximate surface area is 223 Å². The summed E-state index contributed by atoms with van der Waals surface area (Å²) in [6, 6.07) is 11.6. The molecule has 0 saturated carbocycles. The van der Waals surface area contributed by atoms with E-state index in [2.05, 4.69) is 17.4 Å². The molecule has 0 amide bonds. The molecule has 9 heteroatoms. The zero-order valence-corrected chi connectivity index (χ0v) is 22.4. The van der Waals surface area contributed by atoms with Crippen LogP contribution in [0.4, 0.5) is 0 Å². The number of halogens is 1. The number of nitriles is 2. The molecule has 1 saturated heterocycles. The summed E-state index contributed by atoms with van der Waals surface area (Å²) >= 11 is 6.44. The lowest BCUT2D eigenvalue weighted by Crippen LogP contribution is -2.32. The Kier molecular flexibility index (Phi) is 9.54. The molecule has 0 spiro atoms.